The van der Waals surface area contributed by atoms with E-state index in [4.69, 9.17) is 18.9 Å². The first kappa shape index (κ1) is 30.5. The smallest absolute Gasteiger partial charge is 0.320 e. The van der Waals surface area contributed by atoms with E-state index in [9.17, 15) is 19.2 Å². The molecule has 0 N–H and O–H groups in total. The summed E-state index contributed by atoms with van der Waals surface area (Å²) in [5.74, 6) is -5.65. The fourth-order valence-corrected chi connectivity index (χ4v) is 6.32. The third-order valence-corrected chi connectivity index (χ3v) is 8.47. The molecule has 0 aliphatic heterocycles. The zero-order chi connectivity index (χ0) is 31.4. The third-order valence-electron chi connectivity index (χ3n) is 8.47. The largest absolute Gasteiger partial charge is 0.468 e. The van der Waals surface area contributed by atoms with Crippen LogP contribution in [0.5, 0.6) is 0 Å². The van der Waals surface area contributed by atoms with Crippen LogP contribution in [0.4, 0.5) is 0 Å². The quantitative estimate of drug-likeness (QED) is 0.208. The molecule has 2 aliphatic carbocycles. The highest BCUT2D eigenvalue weighted by Crippen LogP contribution is 2.40. The number of rotatable bonds is 8. The Kier molecular flexibility index (Phi) is 9.09. The summed E-state index contributed by atoms with van der Waals surface area (Å²) < 4.78 is 19.9. The van der Waals surface area contributed by atoms with Crippen LogP contribution in [0.25, 0.3) is 11.1 Å². The van der Waals surface area contributed by atoms with E-state index in [1.807, 2.05) is 84.9 Å². The number of carbonyl (C=O) groups is 4. The van der Waals surface area contributed by atoms with E-state index < -0.39 is 47.5 Å². The van der Waals surface area contributed by atoms with Crippen molar-refractivity contribution in [1.82, 2.24) is 0 Å². The summed E-state index contributed by atoms with van der Waals surface area (Å²) in [6, 6.07) is 23.8. The van der Waals surface area contributed by atoms with Gasteiger partial charge in [-0.15, -0.1) is 0 Å². The van der Waals surface area contributed by atoms with E-state index >= 15 is 0 Å². The topological polar surface area (TPSA) is 105 Å². The Balaban J connectivity index is 1.56. The number of benzene rings is 3. The summed E-state index contributed by atoms with van der Waals surface area (Å²) >= 11 is 0. The van der Waals surface area contributed by atoms with Crippen molar-refractivity contribution >= 4 is 35.0 Å². The highest BCUT2D eigenvalue weighted by atomic mass is 16.5. The van der Waals surface area contributed by atoms with Crippen molar-refractivity contribution in [3.05, 3.63) is 118 Å². The number of hydrogen-bond donors (Lipinski definition) is 0. The van der Waals surface area contributed by atoms with Crippen molar-refractivity contribution in [1.29, 1.82) is 0 Å². The predicted molar refractivity (Wildman–Crippen MR) is 163 cm³/mol. The van der Waals surface area contributed by atoms with E-state index in [2.05, 4.69) is 0 Å². The van der Waals surface area contributed by atoms with Gasteiger partial charge < -0.3 is 18.9 Å². The maximum Gasteiger partial charge on any atom is 0.320 e. The van der Waals surface area contributed by atoms with Gasteiger partial charge in [-0.25, -0.2) is 0 Å². The van der Waals surface area contributed by atoms with Gasteiger partial charge in [0, 0.05) is 11.8 Å². The van der Waals surface area contributed by atoms with Gasteiger partial charge in [-0.2, -0.15) is 0 Å². The molecule has 0 heterocycles. The van der Waals surface area contributed by atoms with Crippen LogP contribution in [-0.2, 0) is 51.0 Å². The summed E-state index contributed by atoms with van der Waals surface area (Å²) in [4.78, 5) is 50.7. The summed E-state index contributed by atoms with van der Waals surface area (Å²) in [5.41, 5.74) is 7.67. The first-order chi connectivity index (χ1) is 21.3. The van der Waals surface area contributed by atoms with Gasteiger partial charge in [0.05, 0.1) is 28.4 Å². The van der Waals surface area contributed by atoms with E-state index in [1.165, 1.54) is 28.4 Å². The second kappa shape index (κ2) is 13.1. The summed E-state index contributed by atoms with van der Waals surface area (Å²) in [7, 11) is 5.05. The molecule has 3 aromatic carbocycles. The number of carbonyl (C=O) groups excluding carboxylic acids is 4. The van der Waals surface area contributed by atoms with Crippen LogP contribution in [0.3, 0.4) is 0 Å². The molecule has 2 unspecified atom stereocenters. The van der Waals surface area contributed by atoms with E-state index in [1.54, 1.807) is 0 Å². The fourth-order valence-electron chi connectivity index (χ4n) is 6.32. The van der Waals surface area contributed by atoms with Crippen molar-refractivity contribution in [2.45, 2.75) is 12.8 Å². The standard InChI is InChI=1S/C36H34O8/c1-41-33(37)31(34(38)42-2)25-17-23-9-5-7-11-27(23)29(19-25)21-13-15-22(16-14-21)30-20-26(18-24-10-6-8-12-28(24)30)32(35(39)43-3)36(40)44-4/h5-16,19-20,25-26,31-32H,17-18H2,1-4H3. The first-order valence-electron chi connectivity index (χ1n) is 14.3. The first-order valence-corrected chi connectivity index (χ1v) is 14.3. The lowest BCUT2D eigenvalue weighted by molar-refractivity contribution is -0.162. The average molecular weight is 595 g/mol. The van der Waals surface area contributed by atoms with Gasteiger partial charge in [0.15, 0.2) is 11.8 Å². The molecule has 0 fully saturated rings. The van der Waals surface area contributed by atoms with Crippen molar-refractivity contribution in [2.75, 3.05) is 28.4 Å². The van der Waals surface area contributed by atoms with E-state index in [0.717, 1.165) is 44.5 Å². The lowest BCUT2D eigenvalue weighted by atomic mass is 9.75. The highest BCUT2D eigenvalue weighted by Gasteiger charge is 2.39. The minimum absolute atomic E-state index is 0.457. The lowest BCUT2D eigenvalue weighted by Crippen LogP contribution is -2.35. The Morgan fingerprint density at radius 2 is 0.841 bits per heavy atom. The number of esters is 4. The maximum atomic E-state index is 12.7. The van der Waals surface area contributed by atoms with Crippen LogP contribution < -0.4 is 0 Å². The van der Waals surface area contributed by atoms with Gasteiger partial charge in [0.1, 0.15) is 0 Å². The molecule has 0 saturated heterocycles. The molecule has 44 heavy (non-hydrogen) atoms. The molecule has 0 spiro atoms. The van der Waals surface area contributed by atoms with Gasteiger partial charge in [-0.3, -0.25) is 19.2 Å². The molecular weight excluding hydrogens is 560 g/mol. The molecule has 0 saturated carbocycles. The molecular formula is C36H34O8. The van der Waals surface area contributed by atoms with Gasteiger partial charge >= 0.3 is 23.9 Å². The van der Waals surface area contributed by atoms with Crippen LogP contribution in [0.15, 0.2) is 84.9 Å². The lowest BCUT2D eigenvalue weighted by Gasteiger charge is -2.29. The Morgan fingerprint density at radius 3 is 1.16 bits per heavy atom. The predicted octanol–water partition coefficient (Wildman–Crippen LogP) is 4.82. The van der Waals surface area contributed by atoms with Crippen LogP contribution in [0.2, 0.25) is 0 Å². The molecule has 8 heteroatoms. The Hall–Kier alpha value is -4.98. The third kappa shape index (κ3) is 5.80. The summed E-state index contributed by atoms with van der Waals surface area (Å²) in [6.07, 6.45) is 4.88. The maximum absolute atomic E-state index is 12.7. The summed E-state index contributed by atoms with van der Waals surface area (Å²) in [6.45, 7) is 0. The number of ether oxygens (including phenoxy) is 4. The molecule has 0 bridgehead atoms. The number of allylic oxidation sites excluding steroid dienone is 2. The van der Waals surface area contributed by atoms with Crippen LogP contribution in [-0.4, -0.2) is 52.3 Å². The van der Waals surface area contributed by atoms with E-state index in [-0.39, 0.29) is 0 Å². The van der Waals surface area contributed by atoms with Crippen molar-refractivity contribution in [2.24, 2.45) is 23.7 Å². The molecule has 2 atom stereocenters. The number of methoxy groups -OCH3 is 4. The van der Waals surface area contributed by atoms with Crippen molar-refractivity contribution in [3.63, 3.8) is 0 Å². The SMILES string of the molecule is COC(=O)C(C(=O)OC)C1C=C(c2ccc(C3=CC(C(C(=O)OC)C(=O)OC)Cc4ccccc43)cc2)c2ccccc2C1. The molecule has 2 aliphatic rings. The van der Waals surface area contributed by atoms with Crippen molar-refractivity contribution in [3.8, 4) is 0 Å². The van der Waals surface area contributed by atoms with Crippen LogP contribution in [0, 0.1) is 23.7 Å². The summed E-state index contributed by atoms with van der Waals surface area (Å²) in [5, 5.41) is 0. The molecule has 0 aromatic heterocycles. The zero-order valence-corrected chi connectivity index (χ0v) is 25.1. The molecule has 8 nitrogen and oxygen atoms in total. The number of fused-ring (bicyclic) bond motifs is 2. The Labute approximate surface area is 256 Å². The van der Waals surface area contributed by atoms with Gasteiger partial charge in [0.2, 0.25) is 0 Å². The van der Waals surface area contributed by atoms with Crippen LogP contribution in [0.1, 0.15) is 33.4 Å². The monoisotopic (exact) mass is 594 g/mol. The number of hydrogen-bond acceptors (Lipinski definition) is 8. The average Bonchev–Trinajstić information content (AvgIpc) is 3.07. The van der Waals surface area contributed by atoms with Crippen LogP contribution >= 0.6 is 0 Å². The second-order valence-corrected chi connectivity index (χ2v) is 10.8. The normalized spacial score (nSPS) is 17.0. The molecule has 5 rings (SSSR count). The van der Waals surface area contributed by atoms with E-state index in [0.29, 0.717) is 12.8 Å². The Morgan fingerprint density at radius 1 is 0.523 bits per heavy atom. The molecule has 226 valence electrons. The Bertz CT molecular complexity index is 1490. The van der Waals surface area contributed by atoms with Gasteiger partial charge in [-0.1, -0.05) is 84.9 Å². The molecule has 0 radical (unpaired) electrons. The molecule has 3 aromatic rings. The molecule has 0 amide bonds. The minimum atomic E-state index is -1.09. The zero-order valence-electron chi connectivity index (χ0n) is 25.1. The minimum Gasteiger partial charge on any atom is -0.468 e. The van der Waals surface area contributed by atoms with Gasteiger partial charge in [-0.05, 0) is 57.4 Å². The van der Waals surface area contributed by atoms with Gasteiger partial charge in [0.25, 0.3) is 0 Å². The fraction of sp³-hybridized carbons (Fsp3) is 0.278. The highest BCUT2D eigenvalue weighted by molar-refractivity contribution is 5.97. The second-order valence-electron chi connectivity index (χ2n) is 10.8. The van der Waals surface area contributed by atoms with Crippen molar-refractivity contribution < 1.29 is 38.1 Å².